The molecule has 1 heterocycles. The molecule has 0 aromatic heterocycles. The third-order valence-corrected chi connectivity index (χ3v) is 6.07. The molecule has 6 heteroatoms. The SMILES string of the molecule is NC(=O)CCc1ccc(S(=O)(=O)N2CCCc3ccccc32)cc1. The van der Waals surface area contributed by atoms with Crippen molar-refractivity contribution >= 4 is 21.6 Å². The Balaban J connectivity index is 1.87. The minimum Gasteiger partial charge on any atom is -0.370 e. The number of carbonyl (C=O) groups excluding carboxylic acids is 1. The number of amides is 1. The van der Waals surface area contributed by atoms with Gasteiger partial charge >= 0.3 is 0 Å². The van der Waals surface area contributed by atoms with Crippen LogP contribution in [0.5, 0.6) is 0 Å². The molecule has 0 aliphatic carbocycles. The van der Waals surface area contributed by atoms with Crippen LogP contribution < -0.4 is 10.0 Å². The lowest BCUT2D eigenvalue weighted by molar-refractivity contribution is -0.117. The van der Waals surface area contributed by atoms with Crippen LogP contribution in [0.15, 0.2) is 53.4 Å². The largest absolute Gasteiger partial charge is 0.370 e. The molecule has 0 fully saturated rings. The molecular formula is C18H20N2O3S. The fourth-order valence-corrected chi connectivity index (χ4v) is 4.51. The molecule has 2 aromatic carbocycles. The summed E-state index contributed by atoms with van der Waals surface area (Å²) in [5.41, 5.74) is 7.86. The average molecular weight is 344 g/mol. The first kappa shape index (κ1) is 16.5. The normalized spacial score (nSPS) is 14.2. The number of hydrogen-bond acceptors (Lipinski definition) is 3. The second kappa shape index (κ2) is 6.65. The Morgan fingerprint density at radius 2 is 1.79 bits per heavy atom. The van der Waals surface area contributed by atoms with E-state index in [1.165, 1.54) is 4.31 Å². The molecule has 24 heavy (non-hydrogen) atoms. The molecule has 2 aromatic rings. The first-order valence-corrected chi connectivity index (χ1v) is 9.40. The van der Waals surface area contributed by atoms with Gasteiger partial charge in [0, 0.05) is 13.0 Å². The fraction of sp³-hybridized carbons (Fsp3) is 0.278. The summed E-state index contributed by atoms with van der Waals surface area (Å²) in [4.78, 5) is 11.1. The molecule has 0 spiro atoms. The van der Waals surface area contributed by atoms with E-state index in [1.807, 2.05) is 24.3 Å². The van der Waals surface area contributed by atoms with Crippen LogP contribution in [0, 0.1) is 0 Å². The van der Waals surface area contributed by atoms with Crippen molar-refractivity contribution in [3.05, 3.63) is 59.7 Å². The van der Waals surface area contributed by atoms with Crippen molar-refractivity contribution in [1.29, 1.82) is 0 Å². The van der Waals surface area contributed by atoms with E-state index < -0.39 is 10.0 Å². The van der Waals surface area contributed by atoms with E-state index >= 15 is 0 Å². The average Bonchev–Trinajstić information content (AvgIpc) is 2.59. The maximum atomic E-state index is 13.0. The van der Waals surface area contributed by atoms with Gasteiger partial charge in [-0.3, -0.25) is 9.10 Å². The number of anilines is 1. The Morgan fingerprint density at radius 1 is 1.08 bits per heavy atom. The summed E-state index contributed by atoms with van der Waals surface area (Å²) in [5, 5.41) is 0. The molecule has 0 saturated heterocycles. The molecular weight excluding hydrogens is 324 g/mol. The highest BCUT2D eigenvalue weighted by Crippen LogP contribution is 2.31. The number of nitrogens with two attached hydrogens (primary N) is 1. The van der Waals surface area contributed by atoms with E-state index in [0.717, 1.165) is 29.7 Å². The Hall–Kier alpha value is -2.34. The highest BCUT2D eigenvalue weighted by atomic mass is 32.2. The van der Waals surface area contributed by atoms with Crippen LogP contribution >= 0.6 is 0 Å². The van der Waals surface area contributed by atoms with Crippen molar-refractivity contribution in [2.24, 2.45) is 5.73 Å². The molecule has 0 radical (unpaired) electrons. The summed E-state index contributed by atoms with van der Waals surface area (Å²) < 4.78 is 27.4. The van der Waals surface area contributed by atoms with Crippen LogP contribution in [0.3, 0.4) is 0 Å². The topological polar surface area (TPSA) is 80.5 Å². The Labute approximate surface area is 142 Å². The number of carbonyl (C=O) groups is 1. The molecule has 1 aliphatic heterocycles. The molecule has 5 nitrogen and oxygen atoms in total. The molecule has 126 valence electrons. The molecule has 1 amide bonds. The number of para-hydroxylation sites is 1. The number of primary amides is 1. The smallest absolute Gasteiger partial charge is 0.264 e. The maximum absolute atomic E-state index is 13.0. The van der Waals surface area contributed by atoms with Crippen molar-refractivity contribution in [3.63, 3.8) is 0 Å². The molecule has 2 N–H and O–H groups in total. The molecule has 0 saturated carbocycles. The zero-order chi connectivity index (χ0) is 17.2. The van der Waals surface area contributed by atoms with Crippen molar-refractivity contribution in [2.45, 2.75) is 30.6 Å². The minimum absolute atomic E-state index is 0.256. The Bertz CT molecular complexity index is 845. The van der Waals surface area contributed by atoms with Gasteiger partial charge < -0.3 is 5.73 Å². The second-order valence-corrected chi connectivity index (χ2v) is 7.78. The zero-order valence-electron chi connectivity index (χ0n) is 13.3. The third kappa shape index (κ3) is 3.28. The van der Waals surface area contributed by atoms with Gasteiger partial charge in [0.05, 0.1) is 10.6 Å². The van der Waals surface area contributed by atoms with Gasteiger partial charge in [0.15, 0.2) is 0 Å². The quantitative estimate of drug-likeness (QED) is 0.903. The number of sulfonamides is 1. The van der Waals surface area contributed by atoms with Crippen LogP contribution in [0.25, 0.3) is 0 Å². The maximum Gasteiger partial charge on any atom is 0.264 e. The first-order valence-electron chi connectivity index (χ1n) is 7.96. The van der Waals surface area contributed by atoms with Crippen LogP contribution in [0.4, 0.5) is 5.69 Å². The Morgan fingerprint density at radius 3 is 2.50 bits per heavy atom. The zero-order valence-corrected chi connectivity index (χ0v) is 14.1. The van der Waals surface area contributed by atoms with Crippen LogP contribution in [-0.4, -0.2) is 20.9 Å². The standard InChI is InChI=1S/C18H20N2O3S/c19-18(21)12-9-14-7-10-16(11-8-14)24(22,23)20-13-3-5-15-4-1-2-6-17(15)20/h1-2,4,6-8,10-11H,3,5,9,12-13H2,(H2,19,21). The van der Waals surface area contributed by atoms with E-state index in [4.69, 9.17) is 5.73 Å². The third-order valence-electron chi connectivity index (χ3n) is 4.24. The Kier molecular flexibility index (Phi) is 4.57. The molecule has 0 bridgehead atoms. The van der Waals surface area contributed by atoms with Gasteiger partial charge in [-0.25, -0.2) is 8.42 Å². The highest BCUT2D eigenvalue weighted by molar-refractivity contribution is 7.92. The van der Waals surface area contributed by atoms with E-state index in [9.17, 15) is 13.2 Å². The van der Waals surface area contributed by atoms with Crippen molar-refractivity contribution < 1.29 is 13.2 Å². The van der Waals surface area contributed by atoms with Gasteiger partial charge in [-0.05, 0) is 48.6 Å². The monoisotopic (exact) mass is 344 g/mol. The fourth-order valence-electron chi connectivity index (χ4n) is 2.97. The number of aryl methyl sites for hydroxylation is 2. The summed E-state index contributed by atoms with van der Waals surface area (Å²) in [6.45, 7) is 0.489. The number of hydrogen-bond donors (Lipinski definition) is 1. The van der Waals surface area contributed by atoms with Crippen LogP contribution in [0.2, 0.25) is 0 Å². The predicted molar refractivity (Wildman–Crippen MR) is 93.3 cm³/mol. The number of benzene rings is 2. The summed E-state index contributed by atoms with van der Waals surface area (Å²) in [7, 11) is -3.58. The van der Waals surface area contributed by atoms with Crippen LogP contribution in [-0.2, 0) is 27.7 Å². The van der Waals surface area contributed by atoms with Gasteiger partial charge in [-0.2, -0.15) is 0 Å². The molecule has 0 unspecified atom stereocenters. The highest BCUT2D eigenvalue weighted by Gasteiger charge is 2.28. The van der Waals surface area contributed by atoms with Gasteiger partial charge in [0.1, 0.15) is 0 Å². The summed E-state index contributed by atoms with van der Waals surface area (Å²) >= 11 is 0. The summed E-state index contributed by atoms with van der Waals surface area (Å²) in [5.74, 6) is -0.364. The summed E-state index contributed by atoms with van der Waals surface area (Å²) in [6, 6.07) is 14.3. The minimum atomic E-state index is -3.58. The van der Waals surface area contributed by atoms with E-state index in [2.05, 4.69) is 0 Å². The van der Waals surface area contributed by atoms with Gasteiger partial charge in [-0.15, -0.1) is 0 Å². The molecule has 1 aliphatic rings. The van der Waals surface area contributed by atoms with E-state index in [1.54, 1.807) is 24.3 Å². The number of fused-ring (bicyclic) bond motifs is 1. The molecule has 3 rings (SSSR count). The molecule has 0 atom stereocenters. The second-order valence-electron chi connectivity index (χ2n) is 5.92. The van der Waals surface area contributed by atoms with Crippen LogP contribution in [0.1, 0.15) is 24.0 Å². The predicted octanol–water partition coefficient (Wildman–Crippen LogP) is 2.25. The van der Waals surface area contributed by atoms with E-state index in [-0.39, 0.29) is 17.2 Å². The first-order chi connectivity index (χ1) is 11.5. The van der Waals surface area contributed by atoms with E-state index in [0.29, 0.717) is 13.0 Å². The summed E-state index contributed by atoms with van der Waals surface area (Å²) in [6.07, 6.45) is 2.48. The lowest BCUT2D eigenvalue weighted by Gasteiger charge is -2.30. The lowest BCUT2D eigenvalue weighted by Crippen LogP contribution is -2.35. The van der Waals surface area contributed by atoms with Gasteiger partial charge in [-0.1, -0.05) is 30.3 Å². The lowest BCUT2D eigenvalue weighted by atomic mass is 10.0. The van der Waals surface area contributed by atoms with Crippen molar-refractivity contribution in [3.8, 4) is 0 Å². The number of rotatable bonds is 5. The van der Waals surface area contributed by atoms with Crippen molar-refractivity contribution in [1.82, 2.24) is 0 Å². The number of nitrogens with zero attached hydrogens (tertiary/aromatic N) is 1. The van der Waals surface area contributed by atoms with Gasteiger partial charge in [0.25, 0.3) is 10.0 Å². The van der Waals surface area contributed by atoms with Gasteiger partial charge in [0.2, 0.25) is 5.91 Å². The van der Waals surface area contributed by atoms with Crippen molar-refractivity contribution in [2.75, 3.05) is 10.8 Å².